The molecule has 4 heteroatoms. The Balaban J connectivity index is 2.23. The van der Waals surface area contributed by atoms with E-state index in [2.05, 4.69) is 0 Å². The van der Waals surface area contributed by atoms with E-state index in [9.17, 15) is 9.59 Å². The summed E-state index contributed by atoms with van der Waals surface area (Å²) in [4.78, 5) is 23.7. The first-order valence-corrected chi connectivity index (χ1v) is 4.74. The number of hydrogen-bond acceptors (Lipinski definition) is 2. The van der Waals surface area contributed by atoms with Gasteiger partial charge in [0, 0.05) is 12.5 Å². The van der Waals surface area contributed by atoms with Crippen LogP contribution in [0.1, 0.15) is 32.1 Å². The molecule has 2 unspecified atom stereocenters. The molecule has 0 radical (unpaired) electrons. The minimum Gasteiger partial charge on any atom is -0.465 e. The Morgan fingerprint density at radius 1 is 1.38 bits per heavy atom. The van der Waals surface area contributed by atoms with Gasteiger partial charge < -0.3 is 5.11 Å². The van der Waals surface area contributed by atoms with Crippen molar-refractivity contribution in [3.05, 3.63) is 0 Å². The Kier molecular flexibility index (Phi) is 1.98. The Morgan fingerprint density at radius 2 is 2.15 bits per heavy atom. The Hall–Kier alpha value is -1.06. The smallest absolute Gasteiger partial charge is 0.408 e. The molecule has 2 aliphatic heterocycles. The van der Waals surface area contributed by atoms with Gasteiger partial charge in [0.25, 0.3) is 0 Å². The van der Waals surface area contributed by atoms with E-state index in [0.29, 0.717) is 6.42 Å². The van der Waals surface area contributed by atoms with Crippen LogP contribution in [0.25, 0.3) is 0 Å². The van der Waals surface area contributed by atoms with E-state index in [1.807, 2.05) is 0 Å². The number of carboxylic acid groups (broad SMARTS) is 1. The monoisotopic (exact) mass is 183 g/mol. The third-order valence-corrected chi connectivity index (χ3v) is 3.06. The van der Waals surface area contributed by atoms with Gasteiger partial charge in [-0.3, -0.25) is 9.69 Å². The maximum Gasteiger partial charge on any atom is 0.408 e. The molecule has 2 heterocycles. The molecule has 0 aromatic heterocycles. The maximum atomic E-state index is 11.4. The average molecular weight is 183 g/mol. The lowest BCUT2D eigenvalue weighted by Crippen LogP contribution is -2.56. The first-order chi connectivity index (χ1) is 6.20. The van der Waals surface area contributed by atoms with Crippen molar-refractivity contribution in [1.29, 1.82) is 0 Å². The highest BCUT2D eigenvalue weighted by Gasteiger charge is 2.41. The summed E-state index contributed by atoms with van der Waals surface area (Å²) in [6, 6.07) is -0.223. The van der Waals surface area contributed by atoms with E-state index in [0.717, 1.165) is 25.7 Å². The zero-order valence-electron chi connectivity index (χ0n) is 7.40. The van der Waals surface area contributed by atoms with Gasteiger partial charge >= 0.3 is 6.09 Å². The molecule has 2 fully saturated rings. The second kappa shape index (κ2) is 3.01. The van der Waals surface area contributed by atoms with Gasteiger partial charge in [0.15, 0.2) is 5.78 Å². The molecule has 2 rings (SSSR count). The third-order valence-electron chi connectivity index (χ3n) is 3.06. The van der Waals surface area contributed by atoms with Gasteiger partial charge in [0.1, 0.15) is 0 Å². The summed E-state index contributed by atoms with van der Waals surface area (Å²) in [5.74, 6) is 0.110. The van der Waals surface area contributed by atoms with E-state index in [1.165, 1.54) is 4.90 Å². The number of rotatable bonds is 0. The largest absolute Gasteiger partial charge is 0.465 e. The number of nitrogens with zero attached hydrogens (tertiary/aromatic N) is 1. The predicted molar refractivity (Wildman–Crippen MR) is 45.5 cm³/mol. The molecule has 2 bridgehead atoms. The molecular weight excluding hydrogens is 170 g/mol. The predicted octanol–water partition coefficient (Wildman–Crippen LogP) is 1.25. The van der Waals surface area contributed by atoms with Crippen LogP contribution in [-0.2, 0) is 4.79 Å². The highest BCUT2D eigenvalue weighted by atomic mass is 16.4. The Bertz CT molecular complexity index is 251. The lowest BCUT2D eigenvalue weighted by atomic mass is 9.84. The molecule has 0 aliphatic carbocycles. The zero-order valence-corrected chi connectivity index (χ0v) is 7.40. The van der Waals surface area contributed by atoms with Crippen LogP contribution in [-0.4, -0.2) is 34.0 Å². The van der Waals surface area contributed by atoms with Crippen LogP contribution in [0.3, 0.4) is 0 Å². The molecule has 72 valence electrons. The number of fused-ring (bicyclic) bond motifs is 2. The fourth-order valence-electron chi connectivity index (χ4n) is 2.44. The molecular formula is C9H13NO3. The van der Waals surface area contributed by atoms with Gasteiger partial charge in [-0.25, -0.2) is 4.79 Å². The van der Waals surface area contributed by atoms with Crippen molar-refractivity contribution in [2.24, 2.45) is 0 Å². The summed E-state index contributed by atoms with van der Waals surface area (Å²) in [6.45, 7) is 0. The molecule has 4 nitrogen and oxygen atoms in total. The van der Waals surface area contributed by atoms with Crippen LogP contribution in [0.5, 0.6) is 0 Å². The van der Waals surface area contributed by atoms with Crippen molar-refractivity contribution in [3.8, 4) is 0 Å². The van der Waals surface area contributed by atoms with Crippen LogP contribution in [0.15, 0.2) is 0 Å². The molecule has 1 amide bonds. The van der Waals surface area contributed by atoms with Gasteiger partial charge in [0.05, 0.1) is 6.04 Å². The first-order valence-electron chi connectivity index (χ1n) is 4.74. The zero-order chi connectivity index (χ0) is 9.42. The van der Waals surface area contributed by atoms with Crippen molar-refractivity contribution in [2.75, 3.05) is 0 Å². The average Bonchev–Trinajstić information content (AvgIpc) is 2.11. The van der Waals surface area contributed by atoms with Gasteiger partial charge in [0.2, 0.25) is 0 Å². The van der Waals surface area contributed by atoms with Crippen molar-refractivity contribution >= 4 is 11.9 Å². The fraction of sp³-hybridized carbons (Fsp3) is 0.778. The van der Waals surface area contributed by atoms with Crippen molar-refractivity contribution in [1.82, 2.24) is 4.90 Å². The highest BCUT2D eigenvalue weighted by Crippen LogP contribution is 2.31. The van der Waals surface area contributed by atoms with Crippen molar-refractivity contribution in [2.45, 2.75) is 44.2 Å². The lowest BCUT2D eigenvalue weighted by Gasteiger charge is -2.43. The second-order valence-electron chi connectivity index (χ2n) is 3.80. The number of Topliss-reactive ketones (excluding diaryl/α,β-unsaturated/α-hetero) is 1. The van der Waals surface area contributed by atoms with Gasteiger partial charge in [-0.15, -0.1) is 0 Å². The molecule has 0 spiro atoms. The molecule has 2 aliphatic rings. The molecule has 0 saturated carbocycles. The summed E-state index contributed by atoms with van der Waals surface area (Å²) in [5, 5.41) is 8.94. The summed E-state index contributed by atoms with van der Waals surface area (Å²) in [5.41, 5.74) is 0. The summed E-state index contributed by atoms with van der Waals surface area (Å²) in [7, 11) is 0. The Labute approximate surface area is 76.5 Å². The Morgan fingerprint density at radius 3 is 2.77 bits per heavy atom. The standard InChI is InChI=1S/C9H13NO3/c11-8-5-4-6-2-1-3-7(8)10(6)9(12)13/h6-7H,1-5H2,(H,12,13). The number of piperidine rings is 2. The van der Waals surface area contributed by atoms with Gasteiger partial charge in [-0.2, -0.15) is 0 Å². The van der Waals surface area contributed by atoms with E-state index in [4.69, 9.17) is 5.11 Å². The topological polar surface area (TPSA) is 57.6 Å². The molecule has 13 heavy (non-hydrogen) atoms. The number of ketones is 1. The summed E-state index contributed by atoms with van der Waals surface area (Å²) in [6.07, 6.45) is 3.01. The fourth-order valence-corrected chi connectivity index (χ4v) is 2.44. The van der Waals surface area contributed by atoms with Crippen molar-refractivity contribution < 1.29 is 14.7 Å². The summed E-state index contributed by atoms with van der Waals surface area (Å²) >= 11 is 0. The first kappa shape index (κ1) is 8.53. The quantitative estimate of drug-likeness (QED) is 0.614. The normalized spacial score (nSPS) is 33.2. The van der Waals surface area contributed by atoms with Gasteiger partial charge in [-0.1, -0.05) is 0 Å². The second-order valence-corrected chi connectivity index (χ2v) is 3.80. The van der Waals surface area contributed by atoms with E-state index < -0.39 is 6.09 Å². The van der Waals surface area contributed by atoms with Crippen LogP contribution in [0, 0.1) is 0 Å². The minimum absolute atomic E-state index is 0.106. The molecule has 0 aromatic carbocycles. The van der Waals surface area contributed by atoms with E-state index in [-0.39, 0.29) is 17.9 Å². The SMILES string of the molecule is O=C1CCC2CCCC1N2C(=O)O. The molecule has 1 N–H and O–H groups in total. The summed E-state index contributed by atoms with van der Waals surface area (Å²) < 4.78 is 0. The number of amides is 1. The third kappa shape index (κ3) is 1.30. The van der Waals surface area contributed by atoms with Crippen LogP contribution >= 0.6 is 0 Å². The van der Waals surface area contributed by atoms with Crippen molar-refractivity contribution in [3.63, 3.8) is 0 Å². The number of hydrogen-bond donors (Lipinski definition) is 1. The minimum atomic E-state index is -0.928. The van der Waals surface area contributed by atoms with Gasteiger partial charge in [-0.05, 0) is 25.7 Å². The molecule has 2 atom stereocenters. The van der Waals surface area contributed by atoms with Crippen LogP contribution in [0.4, 0.5) is 4.79 Å². The van der Waals surface area contributed by atoms with E-state index in [1.54, 1.807) is 0 Å². The van der Waals surface area contributed by atoms with E-state index >= 15 is 0 Å². The molecule has 0 aromatic rings. The maximum absolute atomic E-state index is 11.4. The number of carbonyl (C=O) groups excluding carboxylic acids is 1. The number of carbonyl (C=O) groups is 2. The molecule has 2 saturated heterocycles. The van der Waals surface area contributed by atoms with Crippen LogP contribution in [0.2, 0.25) is 0 Å². The van der Waals surface area contributed by atoms with Crippen LogP contribution < -0.4 is 0 Å². The highest BCUT2D eigenvalue weighted by molar-refractivity contribution is 5.88. The lowest BCUT2D eigenvalue weighted by molar-refractivity contribution is -0.129.